The summed E-state index contributed by atoms with van der Waals surface area (Å²) in [6.07, 6.45) is 11.6. The van der Waals surface area contributed by atoms with Gasteiger partial charge in [0.2, 0.25) is 0 Å². The molecule has 1 fully saturated rings. The Hall–Kier alpha value is -2.18. The first kappa shape index (κ1) is 21.5. The van der Waals surface area contributed by atoms with E-state index in [1.54, 1.807) is 13.3 Å². The number of rotatable bonds is 5. The molecule has 1 unspecified atom stereocenters. The van der Waals surface area contributed by atoms with Crippen molar-refractivity contribution in [1.29, 1.82) is 0 Å². The van der Waals surface area contributed by atoms with Crippen LogP contribution in [0, 0.1) is 11.8 Å². The Morgan fingerprint density at radius 2 is 2.10 bits per heavy atom. The summed E-state index contributed by atoms with van der Waals surface area (Å²) in [6, 6.07) is 3.91. The lowest BCUT2D eigenvalue weighted by Crippen LogP contribution is -2.35. The number of allylic oxidation sites excluding steroid dienone is 3. The van der Waals surface area contributed by atoms with Crippen molar-refractivity contribution in [3.8, 4) is 0 Å². The standard InChI is InChI=1S/C23H33N3O3/c1-18-4-3-5-20(11-15-29-14-10-18)23(27)25-21-6-7-22(24-16-21)26-12-8-19(9-13-26)17-28-2/h3-7,16,18-19H,8-15,17H2,1-2H3,(H,25,27)/b4-3-,20-5+. The van der Waals surface area contributed by atoms with E-state index in [-0.39, 0.29) is 5.91 Å². The quantitative estimate of drug-likeness (QED) is 0.816. The van der Waals surface area contributed by atoms with E-state index in [1.165, 1.54) is 0 Å². The third kappa shape index (κ3) is 6.68. The Kier molecular flexibility index (Phi) is 8.25. The summed E-state index contributed by atoms with van der Waals surface area (Å²) in [6.45, 7) is 6.27. The third-order valence-electron chi connectivity index (χ3n) is 5.61. The molecule has 0 aliphatic carbocycles. The van der Waals surface area contributed by atoms with Crippen molar-refractivity contribution in [2.24, 2.45) is 11.8 Å². The maximum atomic E-state index is 12.7. The van der Waals surface area contributed by atoms with Gasteiger partial charge in [-0.1, -0.05) is 25.2 Å². The molecule has 1 aromatic rings. The molecular weight excluding hydrogens is 366 g/mol. The number of amides is 1. The lowest BCUT2D eigenvalue weighted by atomic mass is 9.98. The fourth-order valence-electron chi connectivity index (χ4n) is 3.71. The van der Waals surface area contributed by atoms with Gasteiger partial charge in [0, 0.05) is 45.4 Å². The van der Waals surface area contributed by atoms with Crippen LogP contribution in [0.3, 0.4) is 0 Å². The van der Waals surface area contributed by atoms with Crippen LogP contribution in [0.4, 0.5) is 11.5 Å². The molecule has 3 rings (SSSR count). The topological polar surface area (TPSA) is 63.7 Å². The average molecular weight is 400 g/mol. The van der Waals surface area contributed by atoms with Crippen molar-refractivity contribution in [2.45, 2.75) is 32.6 Å². The predicted molar refractivity (Wildman–Crippen MR) is 116 cm³/mol. The van der Waals surface area contributed by atoms with Gasteiger partial charge in [0.15, 0.2) is 0 Å². The predicted octanol–water partition coefficient (Wildman–Crippen LogP) is 3.81. The molecule has 0 aromatic carbocycles. The number of nitrogens with one attached hydrogen (secondary N) is 1. The smallest absolute Gasteiger partial charge is 0.251 e. The molecule has 0 saturated carbocycles. The fourth-order valence-corrected chi connectivity index (χ4v) is 3.71. The number of anilines is 2. The van der Waals surface area contributed by atoms with Crippen LogP contribution >= 0.6 is 0 Å². The van der Waals surface area contributed by atoms with E-state index in [9.17, 15) is 4.79 Å². The Balaban J connectivity index is 1.56. The summed E-state index contributed by atoms with van der Waals surface area (Å²) in [5.74, 6) is 1.95. The second kappa shape index (κ2) is 11.1. The molecule has 2 aliphatic heterocycles. The number of aromatic nitrogens is 1. The molecule has 6 heteroatoms. The highest BCUT2D eigenvalue weighted by Crippen LogP contribution is 2.23. The van der Waals surface area contributed by atoms with Crippen LogP contribution in [0.5, 0.6) is 0 Å². The molecule has 1 atom stereocenters. The average Bonchev–Trinajstić information content (AvgIpc) is 2.74. The van der Waals surface area contributed by atoms with Crippen LogP contribution in [0.15, 0.2) is 42.1 Å². The van der Waals surface area contributed by atoms with Crippen molar-refractivity contribution in [1.82, 2.24) is 4.98 Å². The Bertz CT molecular complexity index is 707. The number of piperidine rings is 1. The van der Waals surface area contributed by atoms with Gasteiger partial charge in [0.25, 0.3) is 5.91 Å². The minimum Gasteiger partial charge on any atom is -0.384 e. The molecule has 158 valence electrons. The minimum absolute atomic E-state index is 0.0959. The van der Waals surface area contributed by atoms with Gasteiger partial charge >= 0.3 is 0 Å². The molecule has 29 heavy (non-hydrogen) atoms. The number of carbonyl (C=O) groups excluding carboxylic acids is 1. The van der Waals surface area contributed by atoms with Gasteiger partial charge < -0.3 is 19.7 Å². The van der Waals surface area contributed by atoms with Crippen molar-refractivity contribution < 1.29 is 14.3 Å². The summed E-state index contributed by atoms with van der Waals surface area (Å²) in [5.41, 5.74) is 1.43. The van der Waals surface area contributed by atoms with Crippen molar-refractivity contribution in [2.75, 3.05) is 50.2 Å². The summed E-state index contributed by atoms with van der Waals surface area (Å²) in [5, 5.41) is 2.97. The van der Waals surface area contributed by atoms with Crippen molar-refractivity contribution >= 4 is 17.4 Å². The van der Waals surface area contributed by atoms with Gasteiger partial charge in [-0.05, 0) is 43.2 Å². The first-order valence-corrected chi connectivity index (χ1v) is 10.6. The lowest BCUT2D eigenvalue weighted by molar-refractivity contribution is -0.113. The zero-order chi connectivity index (χ0) is 20.5. The first-order chi connectivity index (χ1) is 14.2. The number of hydrogen-bond donors (Lipinski definition) is 1. The molecule has 0 radical (unpaired) electrons. The Morgan fingerprint density at radius 1 is 1.28 bits per heavy atom. The van der Waals surface area contributed by atoms with E-state index in [4.69, 9.17) is 9.47 Å². The zero-order valence-corrected chi connectivity index (χ0v) is 17.6. The van der Waals surface area contributed by atoms with E-state index in [0.717, 1.165) is 57.0 Å². The number of nitrogens with zero attached hydrogens (tertiary/aromatic N) is 2. The van der Waals surface area contributed by atoms with E-state index in [0.29, 0.717) is 30.6 Å². The number of hydrogen-bond acceptors (Lipinski definition) is 5. The second-order valence-corrected chi connectivity index (χ2v) is 7.95. The SMILES string of the molecule is COCC1CCN(c2ccc(NC(=O)/C3=C/C=C\C(C)CCOCC3)cn2)CC1. The van der Waals surface area contributed by atoms with Gasteiger partial charge in [0.05, 0.1) is 18.5 Å². The first-order valence-electron chi connectivity index (χ1n) is 10.6. The number of carbonyl (C=O) groups is 1. The monoisotopic (exact) mass is 399 g/mol. The van der Waals surface area contributed by atoms with E-state index in [2.05, 4.69) is 28.2 Å². The van der Waals surface area contributed by atoms with Crippen LogP contribution in [0.25, 0.3) is 0 Å². The van der Waals surface area contributed by atoms with E-state index in [1.807, 2.05) is 24.3 Å². The lowest BCUT2D eigenvalue weighted by Gasteiger charge is -2.32. The zero-order valence-electron chi connectivity index (χ0n) is 17.6. The van der Waals surface area contributed by atoms with Gasteiger partial charge in [-0.2, -0.15) is 0 Å². The maximum absolute atomic E-state index is 12.7. The molecule has 1 saturated heterocycles. The molecular formula is C23H33N3O3. The highest BCUT2D eigenvalue weighted by Gasteiger charge is 2.20. The fraction of sp³-hybridized carbons (Fsp3) is 0.565. The molecule has 0 spiro atoms. The van der Waals surface area contributed by atoms with Crippen molar-refractivity contribution in [3.05, 3.63) is 42.1 Å². The van der Waals surface area contributed by atoms with Gasteiger partial charge in [-0.15, -0.1) is 0 Å². The van der Waals surface area contributed by atoms with Crippen LogP contribution in [-0.2, 0) is 14.3 Å². The maximum Gasteiger partial charge on any atom is 0.251 e. The summed E-state index contributed by atoms with van der Waals surface area (Å²) in [4.78, 5) is 19.5. The highest BCUT2D eigenvalue weighted by molar-refractivity contribution is 6.03. The van der Waals surface area contributed by atoms with Gasteiger partial charge in [-0.3, -0.25) is 4.79 Å². The molecule has 1 N–H and O–H groups in total. The molecule has 1 aromatic heterocycles. The van der Waals surface area contributed by atoms with Crippen LogP contribution in [0.2, 0.25) is 0 Å². The largest absolute Gasteiger partial charge is 0.384 e. The number of pyridine rings is 1. The molecule has 3 heterocycles. The summed E-state index contributed by atoms with van der Waals surface area (Å²) < 4.78 is 10.9. The Labute approximate surface area is 174 Å². The third-order valence-corrected chi connectivity index (χ3v) is 5.61. The number of ether oxygens (including phenoxy) is 2. The summed E-state index contributed by atoms with van der Waals surface area (Å²) >= 11 is 0. The van der Waals surface area contributed by atoms with Crippen molar-refractivity contribution in [3.63, 3.8) is 0 Å². The normalized spacial score (nSPS) is 24.4. The highest BCUT2D eigenvalue weighted by atomic mass is 16.5. The Morgan fingerprint density at radius 3 is 2.83 bits per heavy atom. The molecule has 6 nitrogen and oxygen atoms in total. The molecule has 0 bridgehead atoms. The van der Waals surface area contributed by atoms with Gasteiger partial charge in [-0.25, -0.2) is 4.98 Å². The molecule has 1 amide bonds. The van der Waals surface area contributed by atoms with Crippen LogP contribution in [0.1, 0.15) is 32.6 Å². The minimum atomic E-state index is -0.0959. The van der Waals surface area contributed by atoms with Crippen LogP contribution < -0.4 is 10.2 Å². The van der Waals surface area contributed by atoms with Gasteiger partial charge in [0.1, 0.15) is 5.82 Å². The van der Waals surface area contributed by atoms with E-state index < -0.39 is 0 Å². The number of methoxy groups -OCH3 is 1. The second-order valence-electron chi connectivity index (χ2n) is 7.95. The molecule has 2 aliphatic rings. The van der Waals surface area contributed by atoms with Crippen LogP contribution in [-0.4, -0.2) is 50.9 Å². The van der Waals surface area contributed by atoms with E-state index >= 15 is 0 Å². The summed E-state index contributed by atoms with van der Waals surface area (Å²) in [7, 11) is 1.76.